The third kappa shape index (κ3) is 5.25. The zero-order chi connectivity index (χ0) is 16.2. The minimum Gasteiger partial charge on any atom is -0.385 e. The van der Waals surface area contributed by atoms with Crippen molar-refractivity contribution in [2.45, 2.75) is 31.2 Å². The van der Waals surface area contributed by atoms with Crippen LogP contribution >= 0.6 is 26.6 Å². The van der Waals surface area contributed by atoms with Crippen molar-refractivity contribution in [3.8, 4) is 0 Å². The lowest BCUT2D eigenvalue weighted by atomic mass is 10.1. The molecule has 0 spiro atoms. The van der Waals surface area contributed by atoms with E-state index in [0.717, 1.165) is 0 Å². The molecule has 0 bridgehead atoms. The Bertz CT molecular complexity index is 633. The number of hydrogen-bond donors (Lipinski definition) is 1. The molecule has 0 aliphatic carbocycles. The Hall–Kier alpha value is -0.630. The Labute approximate surface area is 137 Å². The van der Waals surface area contributed by atoms with E-state index in [2.05, 4.69) is 21.2 Å². The third-order valence-electron chi connectivity index (χ3n) is 2.96. The first-order chi connectivity index (χ1) is 9.66. The van der Waals surface area contributed by atoms with Crippen LogP contribution < -0.4 is 5.32 Å². The number of benzene rings is 1. The van der Waals surface area contributed by atoms with Crippen molar-refractivity contribution in [1.82, 2.24) is 5.32 Å². The highest BCUT2D eigenvalue weighted by atomic mass is 79.9. The summed E-state index contributed by atoms with van der Waals surface area (Å²) in [5.74, 6) is -0.348. The highest BCUT2D eigenvalue weighted by Gasteiger charge is 2.21. The van der Waals surface area contributed by atoms with Gasteiger partial charge in [-0.3, -0.25) is 4.79 Å². The molecular formula is C13H17BrClNO4S. The minimum absolute atomic E-state index is 0.0757. The molecular weight excluding hydrogens is 382 g/mol. The van der Waals surface area contributed by atoms with Crippen LogP contribution in [0.1, 0.15) is 29.3 Å². The van der Waals surface area contributed by atoms with E-state index < -0.39 is 9.05 Å². The lowest BCUT2D eigenvalue weighted by molar-refractivity contribution is 0.0928. The Morgan fingerprint density at radius 1 is 1.48 bits per heavy atom. The molecule has 0 aliphatic rings. The number of nitrogens with one attached hydrogen (secondary N) is 1. The smallest absolute Gasteiger partial charge is 0.261 e. The summed E-state index contributed by atoms with van der Waals surface area (Å²) in [6.07, 6.45) is 0.663. The molecule has 0 heterocycles. The van der Waals surface area contributed by atoms with Crippen LogP contribution in [-0.2, 0) is 13.8 Å². The summed E-state index contributed by atoms with van der Waals surface area (Å²) in [6, 6.07) is 2.86. The van der Waals surface area contributed by atoms with Crippen molar-refractivity contribution in [1.29, 1.82) is 0 Å². The number of carbonyl (C=O) groups is 1. The van der Waals surface area contributed by atoms with Crippen LogP contribution in [0.5, 0.6) is 0 Å². The van der Waals surface area contributed by atoms with Gasteiger partial charge in [-0.15, -0.1) is 0 Å². The Morgan fingerprint density at radius 2 is 2.10 bits per heavy atom. The molecule has 0 saturated carbocycles. The van der Waals surface area contributed by atoms with Gasteiger partial charge in [0, 0.05) is 40.5 Å². The molecule has 1 unspecified atom stereocenters. The topological polar surface area (TPSA) is 72.5 Å². The average Bonchev–Trinajstić information content (AvgIpc) is 2.37. The van der Waals surface area contributed by atoms with Gasteiger partial charge in [-0.1, -0.05) is 15.9 Å². The van der Waals surface area contributed by atoms with Gasteiger partial charge in [-0.05, 0) is 38.0 Å². The first kappa shape index (κ1) is 18.4. The molecule has 0 fully saturated rings. The number of amides is 1. The van der Waals surface area contributed by atoms with Gasteiger partial charge in [0.2, 0.25) is 0 Å². The second-order valence-electron chi connectivity index (χ2n) is 4.67. The molecule has 21 heavy (non-hydrogen) atoms. The van der Waals surface area contributed by atoms with Gasteiger partial charge in [0.05, 0.1) is 4.90 Å². The van der Waals surface area contributed by atoms with Crippen LogP contribution in [0.3, 0.4) is 0 Å². The van der Waals surface area contributed by atoms with E-state index >= 15 is 0 Å². The monoisotopic (exact) mass is 397 g/mol. The summed E-state index contributed by atoms with van der Waals surface area (Å²) >= 11 is 3.19. The summed E-state index contributed by atoms with van der Waals surface area (Å²) in [4.78, 5) is 12.2. The fourth-order valence-electron chi connectivity index (χ4n) is 1.81. The molecule has 0 aromatic heterocycles. The number of halogens is 2. The predicted octanol–water partition coefficient (Wildman–Crippen LogP) is 2.84. The number of methoxy groups -OCH3 is 1. The Balaban J connectivity index is 3.08. The minimum atomic E-state index is -3.91. The maximum atomic E-state index is 12.3. The van der Waals surface area contributed by atoms with E-state index in [4.69, 9.17) is 15.4 Å². The summed E-state index contributed by atoms with van der Waals surface area (Å²) in [5, 5.41) is 2.80. The van der Waals surface area contributed by atoms with Gasteiger partial charge < -0.3 is 10.1 Å². The van der Waals surface area contributed by atoms with Crippen LogP contribution in [0.2, 0.25) is 0 Å². The maximum absolute atomic E-state index is 12.3. The molecule has 118 valence electrons. The first-order valence-electron chi connectivity index (χ1n) is 6.21. The predicted molar refractivity (Wildman–Crippen MR) is 85.3 cm³/mol. The summed E-state index contributed by atoms with van der Waals surface area (Å²) < 4.78 is 28.5. The van der Waals surface area contributed by atoms with Crippen LogP contribution in [0, 0.1) is 6.92 Å². The fourth-order valence-corrected chi connectivity index (χ4v) is 3.65. The molecule has 1 aromatic rings. The zero-order valence-electron chi connectivity index (χ0n) is 11.9. The van der Waals surface area contributed by atoms with Gasteiger partial charge >= 0.3 is 0 Å². The average molecular weight is 399 g/mol. The standard InChI is InChI=1S/C13H17BrClNO4S/c1-8(4-5-20-3)16-13(17)11-6-10(14)7-12(9(11)2)21(15,18)19/h6-8H,4-5H2,1-3H3,(H,16,17). The van der Waals surface area contributed by atoms with Gasteiger partial charge in [0.25, 0.3) is 15.0 Å². The number of hydrogen-bond acceptors (Lipinski definition) is 4. The number of ether oxygens (including phenoxy) is 1. The second kappa shape index (κ2) is 7.58. The summed E-state index contributed by atoms with van der Waals surface area (Å²) in [5.41, 5.74) is 0.595. The molecule has 1 rings (SSSR count). The molecule has 0 radical (unpaired) electrons. The van der Waals surface area contributed by atoms with Crippen molar-refractivity contribution in [3.63, 3.8) is 0 Å². The van der Waals surface area contributed by atoms with E-state index in [1.807, 2.05) is 6.92 Å². The van der Waals surface area contributed by atoms with Crippen molar-refractivity contribution in [3.05, 3.63) is 27.7 Å². The third-order valence-corrected chi connectivity index (χ3v) is 4.87. The van der Waals surface area contributed by atoms with Gasteiger partial charge in [-0.25, -0.2) is 8.42 Å². The van der Waals surface area contributed by atoms with Gasteiger partial charge in [0.15, 0.2) is 0 Å². The van der Waals surface area contributed by atoms with Crippen molar-refractivity contribution in [2.24, 2.45) is 0 Å². The van der Waals surface area contributed by atoms with Crippen molar-refractivity contribution < 1.29 is 17.9 Å². The molecule has 1 aromatic carbocycles. The summed E-state index contributed by atoms with van der Waals surface area (Å²) in [7, 11) is 3.07. The largest absolute Gasteiger partial charge is 0.385 e. The lowest BCUT2D eigenvalue weighted by Crippen LogP contribution is -2.34. The molecule has 1 atom stereocenters. The van der Waals surface area contributed by atoms with E-state index in [1.54, 1.807) is 20.1 Å². The Morgan fingerprint density at radius 3 is 2.62 bits per heavy atom. The van der Waals surface area contributed by atoms with E-state index in [9.17, 15) is 13.2 Å². The van der Waals surface area contributed by atoms with Crippen molar-refractivity contribution >= 4 is 41.6 Å². The van der Waals surface area contributed by atoms with Gasteiger partial charge in [-0.2, -0.15) is 0 Å². The highest BCUT2D eigenvalue weighted by molar-refractivity contribution is 9.10. The van der Waals surface area contributed by atoms with Gasteiger partial charge in [0.1, 0.15) is 0 Å². The molecule has 1 amide bonds. The fraction of sp³-hybridized carbons (Fsp3) is 0.462. The SMILES string of the molecule is COCCC(C)NC(=O)c1cc(Br)cc(S(=O)(=O)Cl)c1C. The van der Waals surface area contributed by atoms with Crippen molar-refractivity contribution in [2.75, 3.05) is 13.7 Å². The second-order valence-corrected chi connectivity index (χ2v) is 8.12. The normalized spacial score (nSPS) is 13.0. The molecule has 8 heteroatoms. The molecule has 5 nitrogen and oxygen atoms in total. The number of carbonyl (C=O) groups excluding carboxylic acids is 1. The Kier molecular flexibility index (Phi) is 6.65. The zero-order valence-corrected chi connectivity index (χ0v) is 15.1. The van der Waals surface area contributed by atoms with E-state index in [0.29, 0.717) is 23.1 Å². The van der Waals surface area contributed by atoms with Crippen LogP contribution in [0.15, 0.2) is 21.5 Å². The quantitative estimate of drug-likeness (QED) is 0.748. The molecule has 0 aliphatic heterocycles. The highest BCUT2D eigenvalue weighted by Crippen LogP contribution is 2.27. The van der Waals surface area contributed by atoms with E-state index in [1.165, 1.54) is 6.07 Å². The molecule has 1 N–H and O–H groups in total. The van der Waals surface area contributed by atoms with Crippen LogP contribution in [0.25, 0.3) is 0 Å². The van der Waals surface area contributed by atoms with Crippen LogP contribution in [-0.4, -0.2) is 34.1 Å². The number of rotatable bonds is 6. The summed E-state index contributed by atoms with van der Waals surface area (Å²) in [6.45, 7) is 3.93. The molecule has 0 saturated heterocycles. The lowest BCUT2D eigenvalue weighted by Gasteiger charge is -2.15. The van der Waals surface area contributed by atoms with E-state index in [-0.39, 0.29) is 22.4 Å². The van der Waals surface area contributed by atoms with Crippen LogP contribution in [0.4, 0.5) is 0 Å². The maximum Gasteiger partial charge on any atom is 0.261 e. The first-order valence-corrected chi connectivity index (χ1v) is 9.31.